The van der Waals surface area contributed by atoms with E-state index in [2.05, 4.69) is 13.8 Å². The first-order valence-corrected chi connectivity index (χ1v) is 14.0. The molecule has 2 aliphatic rings. The molecule has 0 saturated heterocycles. The van der Waals surface area contributed by atoms with Crippen LogP contribution >= 0.6 is 0 Å². The molecule has 202 valence electrons. The van der Waals surface area contributed by atoms with Crippen molar-refractivity contribution in [1.29, 1.82) is 0 Å². The molecule has 0 aromatic heterocycles. The Kier molecular flexibility index (Phi) is 9.55. The van der Waals surface area contributed by atoms with Crippen LogP contribution in [-0.2, 0) is 4.79 Å². The van der Waals surface area contributed by atoms with E-state index in [1.807, 2.05) is 0 Å². The molecular weight excluding hydrogens is 477 g/mol. The van der Waals surface area contributed by atoms with Crippen LogP contribution in [0.1, 0.15) is 107 Å². The SMILES string of the molecule is CCCCCOc1ccc(OC(=O)C2CCC(c3ccc(C4CCC(C)CC4)c(F)c3F)CC2)cc1F. The van der Waals surface area contributed by atoms with Gasteiger partial charge >= 0.3 is 5.97 Å². The van der Waals surface area contributed by atoms with Gasteiger partial charge in [-0.05, 0) is 86.0 Å². The van der Waals surface area contributed by atoms with Crippen molar-refractivity contribution in [3.8, 4) is 11.5 Å². The van der Waals surface area contributed by atoms with E-state index in [9.17, 15) is 9.18 Å². The Hall–Kier alpha value is -2.50. The quantitative estimate of drug-likeness (QED) is 0.190. The number of carbonyl (C=O) groups excluding carboxylic acids is 1. The predicted octanol–water partition coefficient (Wildman–Crippen LogP) is 8.85. The first-order chi connectivity index (χ1) is 17.9. The summed E-state index contributed by atoms with van der Waals surface area (Å²) in [5, 5.41) is 0. The molecule has 0 spiro atoms. The lowest BCUT2D eigenvalue weighted by Gasteiger charge is -2.29. The number of halogens is 3. The van der Waals surface area contributed by atoms with E-state index in [0.717, 1.165) is 44.9 Å². The highest BCUT2D eigenvalue weighted by atomic mass is 19.2. The number of esters is 1. The van der Waals surface area contributed by atoms with Gasteiger partial charge in [0.2, 0.25) is 0 Å². The second kappa shape index (κ2) is 12.8. The Bertz CT molecular complexity index is 1050. The third kappa shape index (κ3) is 6.88. The minimum Gasteiger partial charge on any atom is -0.491 e. The minimum absolute atomic E-state index is 0.0942. The average molecular weight is 517 g/mol. The third-order valence-corrected chi connectivity index (χ3v) is 8.23. The van der Waals surface area contributed by atoms with Crippen molar-refractivity contribution in [3.05, 3.63) is 58.9 Å². The summed E-state index contributed by atoms with van der Waals surface area (Å²) in [6.07, 6.45) is 9.05. The fraction of sp³-hybridized carbons (Fsp3) is 0.581. The molecule has 0 N–H and O–H groups in total. The molecule has 0 aliphatic heterocycles. The summed E-state index contributed by atoms with van der Waals surface area (Å²) in [6.45, 7) is 4.74. The smallest absolute Gasteiger partial charge is 0.314 e. The van der Waals surface area contributed by atoms with Crippen LogP contribution in [0.25, 0.3) is 0 Å². The largest absolute Gasteiger partial charge is 0.491 e. The summed E-state index contributed by atoms with van der Waals surface area (Å²) in [7, 11) is 0. The Morgan fingerprint density at radius 1 is 0.838 bits per heavy atom. The lowest BCUT2D eigenvalue weighted by molar-refractivity contribution is -0.140. The molecular formula is C31H39F3O3. The lowest BCUT2D eigenvalue weighted by Crippen LogP contribution is -2.25. The fourth-order valence-electron chi connectivity index (χ4n) is 5.82. The van der Waals surface area contributed by atoms with Crippen molar-refractivity contribution in [2.75, 3.05) is 6.61 Å². The van der Waals surface area contributed by atoms with Crippen molar-refractivity contribution < 1.29 is 27.4 Å². The van der Waals surface area contributed by atoms with Gasteiger partial charge in [-0.1, -0.05) is 51.7 Å². The molecule has 4 rings (SSSR count). The normalized spacial score (nSPS) is 24.0. The number of hydrogen-bond acceptors (Lipinski definition) is 3. The second-order valence-electron chi connectivity index (χ2n) is 10.9. The second-order valence-corrected chi connectivity index (χ2v) is 10.9. The van der Waals surface area contributed by atoms with Crippen LogP contribution in [0.4, 0.5) is 13.2 Å². The Balaban J connectivity index is 1.30. The summed E-state index contributed by atoms with van der Waals surface area (Å²) in [5.74, 6) is -1.83. The molecule has 0 atom stereocenters. The monoisotopic (exact) mass is 516 g/mol. The molecule has 2 aliphatic carbocycles. The van der Waals surface area contributed by atoms with E-state index in [1.165, 1.54) is 18.2 Å². The van der Waals surface area contributed by atoms with E-state index in [-0.39, 0.29) is 29.3 Å². The van der Waals surface area contributed by atoms with Gasteiger partial charge in [-0.15, -0.1) is 0 Å². The first-order valence-electron chi connectivity index (χ1n) is 14.0. The summed E-state index contributed by atoms with van der Waals surface area (Å²) >= 11 is 0. The standard InChI is InChI=1S/C31H39F3O3/c1-3-4-5-18-36-28-17-14-24(19-27(28)32)37-31(35)23-12-10-22(11-13-23)26-16-15-25(29(33)30(26)34)21-8-6-20(2)7-9-21/h14-17,19-23H,3-13,18H2,1-2H3. The molecule has 0 radical (unpaired) electrons. The number of hydrogen-bond donors (Lipinski definition) is 0. The summed E-state index contributed by atoms with van der Waals surface area (Å²) in [5.41, 5.74) is 0.920. The molecule has 2 saturated carbocycles. The minimum atomic E-state index is -0.727. The maximum Gasteiger partial charge on any atom is 0.314 e. The highest BCUT2D eigenvalue weighted by Gasteiger charge is 2.32. The first kappa shape index (κ1) is 27.5. The number of ether oxygens (including phenoxy) is 2. The highest BCUT2D eigenvalue weighted by Crippen LogP contribution is 2.41. The molecule has 6 heteroatoms. The van der Waals surface area contributed by atoms with Crippen molar-refractivity contribution in [3.63, 3.8) is 0 Å². The fourth-order valence-corrected chi connectivity index (χ4v) is 5.82. The van der Waals surface area contributed by atoms with Crippen LogP contribution in [0, 0.1) is 29.3 Å². The van der Waals surface area contributed by atoms with Gasteiger partial charge in [0, 0.05) is 6.07 Å². The average Bonchev–Trinajstić information content (AvgIpc) is 2.90. The number of unbranched alkanes of at least 4 members (excludes halogenated alkanes) is 2. The van der Waals surface area contributed by atoms with Gasteiger partial charge in [-0.2, -0.15) is 0 Å². The van der Waals surface area contributed by atoms with E-state index >= 15 is 8.78 Å². The molecule has 0 amide bonds. The summed E-state index contributed by atoms with van der Waals surface area (Å²) in [6, 6.07) is 7.72. The predicted molar refractivity (Wildman–Crippen MR) is 138 cm³/mol. The van der Waals surface area contributed by atoms with Crippen LogP contribution in [0.2, 0.25) is 0 Å². The third-order valence-electron chi connectivity index (χ3n) is 8.23. The summed E-state index contributed by atoms with van der Waals surface area (Å²) < 4.78 is 55.4. The van der Waals surface area contributed by atoms with E-state index < -0.39 is 23.4 Å². The lowest BCUT2D eigenvalue weighted by atomic mass is 9.76. The van der Waals surface area contributed by atoms with E-state index in [4.69, 9.17) is 9.47 Å². The maximum atomic E-state index is 15.1. The number of rotatable bonds is 9. The Labute approximate surface area is 218 Å². The van der Waals surface area contributed by atoms with Gasteiger partial charge in [-0.25, -0.2) is 13.2 Å². The molecule has 0 heterocycles. The van der Waals surface area contributed by atoms with Gasteiger partial charge in [-0.3, -0.25) is 4.79 Å². The molecule has 0 unspecified atom stereocenters. The van der Waals surface area contributed by atoms with Crippen molar-refractivity contribution in [2.45, 2.75) is 96.3 Å². The maximum absolute atomic E-state index is 15.1. The summed E-state index contributed by atoms with van der Waals surface area (Å²) in [4.78, 5) is 12.7. The number of benzene rings is 2. The Morgan fingerprint density at radius 2 is 1.43 bits per heavy atom. The van der Waals surface area contributed by atoms with Crippen LogP contribution in [0.3, 0.4) is 0 Å². The molecule has 0 bridgehead atoms. The molecule has 2 aromatic rings. The zero-order chi connectivity index (χ0) is 26.4. The van der Waals surface area contributed by atoms with Crippen molar-refractivity contribution in [2.24, 2.45) is 11.8 Å². The van der Waals surface area contributed by atoms with Crippen molar-refractivity contribution >= 4 is 5.97 Å². The van der Waals surface area contributed by atoms with Crippen LogP contribution in [-0.4, -0.2) is 12.6 Å². The van der Waals surface area contributed by atoms with Crippen LogP contribution < -0.4 is 9.47 Å². The molecule has 2 fully saturated rings. The van der Waals surface area contributed by atoms with Crippen molar-refractivity contribution in [1.82, 2.24) is 0 Å². The topological polar surface area (TPSA) is 35.5 Å². The van der Waals surface area contributed by atoms with Gasteiger partial charge in [0.1, 0.15) is 5.75 Å². The number of carbonyl (C=O) groups is 1. The van der Waals surface area contributed by atoms with Gasteiger partial charge in [0.15, 0.2) is 23.2 Å². The van der Waals surface area contributed by atoms with E-state index in [0.29, 0.717) is 49.3 Å². The van der Waals surface area contributed by atoms with Gasteiger partial charge < -0.3 is 9.47 Å². The molecule has 2 aromatic carbocycles. The highest BCUT2D eigenvalue weighted by molar-refractivity contribution is 5.75. The zero-order valence-corrected chi connectivity index (χ0v) is 22.0. The molecule has 37 heavy (non-hydrogen) atoms. The van der Waals surface area contributed by atoms with Gasteiger partial charge in [0.25, 0.3) is 0 Å². The van der Waals surface area contributed by atoms with E-state index in [1.54, 1.807) is 12.1 Å². The molecule has 3 nitrogen and oxygen atoms in total. The van der Waals surface area contributed by atoms with Crippen LogP contribution in [0.15, 0.2) is 30.3 Å². The zero-order valence-electron chi connectivity index (χ0n) is 22.0. The Morgan fingerprint density at radius 3 is 2.00 bits per heavy atom. The van der Waals surface area contributed by atoms with Crippen LogP contribution in [0.5, 0.6) is 11.5 Å². The van der Waals surface area contributed by atoms with Gasteiger partial charge in [0.05, 0.1) is 12.5 Å².